The number of aromatic carboxylic acids is 1. The van der Waals surface area contributed by atoms with E-state index in [9.17, 15) is 4.79 Å². The van der Waals surface area contributed by atoms with Crippen LogP contribution in [0.3, 0.4) is 0 Å². The number of rotatable bonds is 4. The van der Waals surface area contributed by atoms with E-state index in [0.29, 0.717) is 9.50 Å². The molecule has 2 aromatic heterocycles. The SMILES string of the molecule is O=C(O)c1cnc(Sc2nnnn2-c2cccc3ccccc23)s1. The van der Waals surface area contributed by atoms with Crippen molar-refractivity contribution in [3.63, 3.8) is 0 Å². The van der Waals surface area contributed by atoms with Crippen LogP contribution in [0.15, 0.2) is 58.2 Å². The third-order valence-electron chi connectivity index (χ3n) is 3.31. The van der Waals surface area contributed by atoms with Gasteiger partial charge in [-0.05, 0) is 33.6 Å². The smallest absolute Gasteiger partial charge is 0.347 e. The molecule has 1 N–H and O–H groups in total. The quantitative estimate of drug-likeness (QED) is 0.601. The first-order valence-corrected chi connectivity index (χ1v) is 8.49. The van der Waals surface area contributed by atoms with E-state index >= 15 is 0 Å². The van der Waals surface area contributed by atoms with E-state index in [-0.39, 0.29) is 4.88 Å². The maximum atomic E-state index is 11.0. The Labute approximate surface area is 144 Å². The van der Waals surface area contributed by atoms with Crippen molar-refractivity contribution in [2.24, 2.45) is 0 Å². The van der Waals surface area contributed by atoms with Gasteiger partial charge in [0.2, 0.25) is 5.16 Å². The van der Waals surface area contributed by atoms with Gasteiger partial charge in [-0.1, -0.05) is 36.4 Å². The lowest BCUT2D eigenvalue weighted by molar-refractivity contribution is 0.0702. The fraction of sp³-hybridized carbons (Fsp3) is 0. The van der Waals surface area contributed by atoms with Gasteiger partial charge in [-0.25, -0.2) is 9.78 Å². The number of carbonyl (C=O) groups is 1. The number of hydrogen-bond acceptors (Lipinski definition) is 7. The molecule has 0 amide bonds. The Balaban J connectivity index is 1.75. The van der Waals surface area contributed by atoms with Crippen LogP contribution in [0.25, 0.3) is 16.5 Å². The molecule has 0 spiro atoms. The van der Waals surface area contributed by atoms with Crippen LogP contribution in [0, 0.1) is 0 Å². The molecular formula is C15H9N5O2S2. The van der Waals surface area contributed by atoms with Crippen LogP contribution in [0.4, 0.5) is 0 Å². The Kier molecular flexibility index (Phi) is 3.71. The Hall–Kier alpha value is -2.78. The van der Waals surface area contributed by atoms with E-state index in [1.165, 1.54) is 18.0 Å². The number of carboxylic acids is 1. The first-order valence-electron chi connectivity index (χ1n) is 6.86. The van der Waals surface area contributed by atoms with E-state index in [4.69, 9.17) is 5.11 Å². The Morgan fingerprint density at radius 1 is 1.17 bits per heavy atom. The number of benzene rings is 2. The van der Waals surface area contributed by atoms with Crippen LogP contribution in [-0.4, -0.2) is 36.3 Å². The monoisotopic (exact) mass is 355 g/mol. The van der Waals surface area contributed by atoms with E-state index in [0.717, 1.165) is 27.8 Å². The lowest BCUT2D eigenvalue weighted by Gasteiger charge is -2.07. The maximum absolute atomic E-state index is 11.0. The molecule has 0 radical (unpaired) electrons. The summed E-state index contributed by atoms with van der Waals surface area (Å²) < 4.78 is 2.21. The molecule has 7 nitrogen and oxygen atoms in total. The standard InChI is InChI=1S/C15H9N5O2S2/c21-13(22)12-8-16-15(23-12)24-14-17-18-19-20(14)11-7-3-5-9-4-1-2-6-10(9)11/h1-8H,(H,21,22). The molecular weight excluding hydrogens is 346 g/mol. The summed E-state index contributed by atoms with van der Waals surface area (Å²) in [5, 5.41) is 23.5. The van der Waals surface area contributed by atoms with Crippen LogP contribution in [0.2, 0.25) is 0 Å². The molecule has 0 saturated carbocycles. The highest BCUT2D eigenvalue weighted by Crippen LogP contribution is 2.32. The van der Waals surface area contributed by atoms with E-state index < -0.39 is 5.97 Å². The molecule has 2 aromatic carbocycles. The predicted octanol–water partition coefficient (Wildman–Crippen LogP) is 3.12. The lowest BCUT2D eigenvalue weighted by Crippen LogP contribution is -1.99. The first-order chi connectivity index (χ1) is 11.7. The van der Waals surface area contributed by atoms with Gasteiger partial charge in [0, 0.05) is 5.39 Å². The largest absolute Gasteiger partial charge is 0.477 e. The maximum Gasteiger partial charge on any atom is 0.347 e. The number of carboxylic acid groups (broad SMARTS) is 1. The van der Waals surface area contributed by atoms with Gasteiger partial charge in [0.25, 0.3) is 0 Å². The second-order valence-electron chi connectivity index (χ2n) is 4.77. The molecule has 0 fully saturated rings. The highest BCUT2D eigenvalue weighted by Gasteiger charge is 2.16. The molecule has 0 bridgehead atoms. The summed E-state index contributed by atoms with van der Waals surface area (Å²) in [6.45, 7) is 0. The number of thiazole rings is 1. The molecule has 4 aromatic rings. The Bertz CT molecular complexity index is 1040. The zero-order valence-corrected chi connectivity index (χ0v) is 13.7. The minimum absolute atomic E-state index is 0.182. The molecule has 2 heterocycles. The van der Waals surface area contributed by atoms with Crippen molar-refractivity contribution in [2.75, 3.05) is 0 Å². The lowest BCUT2D eigenvalue weighted by atomic mass is 10.1. The van der Waals surface area contributed by atoms with E-state index in [1.54, 1.807) is 4.68 Å². The fourth-order valence-electron chi connectivity index (χ4n) is 2.27. The molecule has 0 atom stereocenters. The zero-order valence-electron chi connectivity index (χ0n) is 12.0. The fourth-order valence-corrected chi connectivity index (χ4v) is 3.98. The Morgan fingerprint density at radius 2 is 2.00 bits per heavy atom. The average Bonchev–Trinajstić information content (AvgIpc) is 3.24. The second-order valence-corrected chi connectivity index (χ2v) is 7.01. The first kappa shape index (κ1) is 14.8. The number of fused-ring (bicyclic) bond motifs is 1. The van der Waals surface area contributed by atoms with Crippen LogP contribution < -0.4 is 0 Å². The van der Waals surface area contributed by atoms with Gasteiger partial charge in [0.15, 0.2) is 4.34 Å². The van der Waals surface area contributed by atoms with Crippen molar-refractivity contribution in [3.05, 3.63) is 53.5 Å². The normalized spacial score (nSPS) is 11.0. The van der Waals surface area contributed by atoms with Gasteiger partial charge in [-0.3, -0.25) is 0 Å². The van der Waals surface area contributed by atoms with Crippen molar-refractivity contribution < 1.29 is 9.90 Å². The van der Waals surface area contributed by atoms with Crippen molar-refractivity contribution >= 4 is 39.8 Å². The molecule has 0 aliphatic carbocycles. The minimum Gasteiger partial charge on any atom is -0.477 e. The number of hydrogen-bond donors (Lipinski definition) is 1. The van der Waals surface area contributed by atoms with Crippen molar-refractivity contribution in [3.8, 4) is 5.69 Å². The topological polar surface area (TPSA) is 93.8 Å². The molecule has 0 aliphatic rings. The van der Waals surface area contributed by atoms with Gasteiger partial charge in [0.1, 0.15) is 4.88 Å². The number of nitrogens with zero attached hydrogens (tertiary/aromatic N) is 5. The zero-order chi connectivity index (χ0) is 16.5. The minimum atomic E-state index is -0.993. The molecule has 4 rings (SSSR count). The summed E-state index contributed by atoms with van der Waals surface area (Å²) in [4.78, 5) is 15.3. The van der Waals surface area contributed by atoms with Crippen LogP contribution in [0.1, 0.15) is 9.67 Å². The van der Waals surface area contributed by atoms with Crippen molar-refractivity contribution in [2.45, 2.75) is 9.50 Å². The van der Waals surface area contributed by atoms with Crippen LogP contribution in [0.5, 0.6) is 0 Å². The van der Waals surface area contributed by atoms with Crippen molar-refractivity contribution in [1.82, 2.24) is 25.2 Å². The summed E-state index contributed by atoms with van der Waals surface area (Å²) in [6.07, 6.45) is 1.33. The van der Waals surface area contributed by atoms with Gasteiger partial charge in [-0.15, -0.1) is 16.4 Å². The summed E-state index contributed by atoms with van der Waals surface area (Å²) in [5.74, 6) is -0.993. The van der Waals surface area contributed by atoms with Gasteiger partial charge in [-0.2, -0.15) is 4.68 Å². The van der Waals surface area contributed by atoms with Gasteiger partial charge >= 0.3 is 5.97 Å². The molecule has 118 valence electrons. The summed E-state index contributed by atoms with van der Waals surface area (Å²) in [6, 6.07) is 13.9. The van der Waals surface area contributed by atoms with E-state index in [2.05, 4.69) is 20.5 Å². The van der Waals surface area contributed by atoms with Gasteiger partial charge in [0.05, 0.1) is 11.9 Å². The molecule has 0 saturated heterocycles. The van der Waals surface area contributed by atoms with Crippen LogP contribution >= 0.6 is 23.1 Å². The third-order valence-corrected chi connectivity index (χ3v) is 5.31. The molecule has 0 aliphatic heterocycles. The summed E-state index contributed by atoms with van der Waals surface area (Å²) in [5.41, 5.74) is 0.857. The molecule has 0 unspecified atom stereocenters. The van der Waals surface area contributed by atoms with E-state index in [1.807, 2.05) is 42.5 Å². The molecule has 9 heteroatoms. The van der Waals surface area contributed by atoms with Crippen molar-refractivity contribution in [1.29, 1.82) is 0 Å². The second kappa shape index (κ2) is 6.02. The van der Waals surface area contributed by atoms with Crippen LogP contribution in [-0.2, 0) is 0 Å². The number of tetrazole rings is 1. The molecule has 24 heavy (non-hydrogen) atoms. The summed E-state index contributed by atoms with van der Waals surface area (Å²) >= 11 is 2.32. The number of aromatic nitrogens is 5. The Morgan fingerprint density at radius 3 is 2.83 bits per heavy atom. The summed E-state index contributed by atoms with van der Waals surface area (Å²) in [7, 11) is 0. The highest BCUT2D eigenvalue weighted by molar-refractivity contribution is 8.00. The van der Waals surface area contributed by atoms with Gasteiger partial charge < -0.3 is 5.11 Å². The predicted molar refractivity (Wildman–Crippen MR) is 89.9 cm³/mol. The average molecular weight is 355 g/mol. The third kappa shape index (κ3) is 2.63. The highest BCUT2D eigenvalue weighted by atomic mass is 32.2.